The number of hydrogen-bond donors (Lipinski definition) is 4. The van der Waals surface area contributed by atoms with Crippen molar-refractivity contribution in [3.05, 3.63) is 131 Å². The Hall–Kier alpha value is -11.9. The Kier molecular flexibility index (Phi) is 16.1. The molecule has 9 aliphatic rings. The summed E-state index contributed by atoms with van der Waals surface area (Å²) in [5.41, 5.74) is 1.49. The number of benzene rings is 2. The molecule has 0 saturated heterocycles. The van der Waals surface area contributed by atoms with Crippen LogP contribution in [0.3, 0.4) is 0 Å². The van der Waals surface area contributed by atoms with Crippen LogP contribution < -0.4 is 64.6 Å². The Labute approximate surface area is 644 Å². The zero-order valence-electron chi connectivity index (χ0n) is 55.3. The van der Waals surface area contributed by atoms with E-state index in [2.05, 4.69) is 40.8 Å². The van der Waals surface area contributed by atoms with Gasteiger partial charge in [-0.25, -0.2) is 48.6 Å². The average molecular weight is 1610 g/mol. The van der Waals surface area contributed by atoms with Crippen molar-refractivity contribution in [1.29, 1.82) is 0 Å². The summed E-state index contributed by atoms with van der Waals surface area (Å²) in [7, 11) is 0. The molecule has 0 bridgehead atoms. The van der Waals surface area contributed by atoms with Gasteiger partial charge in [-0.2, -0.15) is 0 Å². The minimum Gasteiger partial charge on any atom is -0.486 e. The lowest BCUT2D eigenvalue weighted by atomic mass is 10.0. The maximum absolute atomic E-state index is 17.0. The Morgan fingerprint density at radius 1 is 0.545 bits per heavy atom. The van der Waals surface area contributed by atoms with Crippen molar-refractivity contribution in [1.82, 2.24) is 49.5 Å². The summed E-state index contributed by atoms with van der Waals surface area (Å²) in [6, 6.07) is 20.9. The lowest BCUT2D eigenvalue weighted by Gasteiger charge is -2.35. The van der Waals surface area contributed by atoms with Gasteiger partial charge in [0, 0.05) is 53.4 Å². The van der Waals surface area contributed by atoms with Crippen LogP contribution in [-0.4, -0.2) is 146 Å². The van der Waals surface area contributed by atoms with Crippen LogP contribution in [0, 0.1) is 11.6 Å². The molecular weight excluding hydrogens is 1570 g/mol. The minimum atomic E-state index is -1.32. The number of amides is 8. The maximum atomic E-state index is 17.0. The van der Waals surface area contributed by atoms with Crippen LogP contribution in [-0.2, 0) is 38.4 Å². The number of pyridine rings is 8. The van der Waals surface area contributed by atoms with E-state index in [1.165, 1.54) is 52.7 Å². The van der Waals surface area contributed by atoms with Crippen LogP contribution in [0.25, 0.3) is 44.2 Å². The smallest absolute Gasteiger partial charge is 0.270 e. The first-order valence-corrected chi connectivity index (χ1v) is 38.9. The van der Waals surface area contributed by atoms with Gasteiger partial charge in [0.05, 0.1) is 104 Å². The molecule has 40 heteroatoms. The molecule has 0 spiro atoms. The van der Waals surface area contributed by atoms with E-state index in [1.54, 1.807) is 54.6 Å². The fraction of sp³-hybridized carbons (Fsp3) is 0.143. The standard InChI is InChI=1S/C70H39ClF2N18O13S6/c71-28-13-44-66(83-55(28)61-70(99)89(35-7-8-74-19-45(35)109-61)64-30(73)15-43-63(85-64)82-49(94)22-105-43)90(51(96)23-107-44)46-6-5-42-65(80-46)91(52(97)24-106-42)58-53(31-2-4-39-62(78-31)81-48(93)21-103-39)57-69(110-87-86-57)84-56(58)34-17-41-60(101-10-9-100-41)54(77-34)27-12-37-68(75-18-27)108-25-50(95)88(37)36-16-33-40(14-29(36)72)104-59(67(98)79-33)26-1-3-38-32(11-26)76-47(92)20-102-38/h1-8,11-19,59,61H,9-10,20-25H2,(H,76,92)(H,79,98)(H,78,81,93)(H,82,85,94). The number of rotatable bonds is 9. The second-order valence-corrected chi connectivity index (χ2v) is 31.3. The normalized spacial score (nSPS) is 18.0. The van der Waals surface area contributed by atoms with E-state index in [0.29, 0.717) is 41.6 Å². The highest BCUT2D eigenvalue weighted by atomic mass is 35.5. The van der Waals surface area contributed by atoms with E-state index in [-0.39, 0.29) is 197 Å². The summed E-state index contributed by atoms with van der Waals surface area (Å²) >= 11 is 13.6. The predicted molar refractivity (Wildman–Crippen MR) is 400 cm³/mol. The lowest BCUT2D eigenvalue weighted by Crippen LogP contribution is -2.37. The van der Waals surface area contributed by atoms with Crippen LogP contribution in [0.2, 0.25) is 5.02 Å². The van der Waals surface area contributed by atoms with Crippen molar-refractivity contribution >= 4 is 209 Å². The number of thioether (sulfide) groups is 5. The van der Waals surface area contributed by atoms with E-state index in [9.17, 15) is 28.8 Å². The number of nitrogens with one attached hydrogen (secondary N) is 4. The number of anilines is 12. The van der Waals surface area contributed by atoms with E-state index in [4.69, 9.17) is 65.2 Å². The van der Waals surface area contributed by atoms with Gasteiger partial charge in [-0.3, -0.25) is 58.0 Å². The van der Waals surface area contributed by atoms with Gasteiger partial charge in [-0.1, -0.05) is 33.9 Å². The van der Waals surface area contributed by atoms with Crippen LogP contribution in [0.4, 0.5) is 77.8 Å². The number of aromatic nitrogens is 10. The molecule has 8 amide bonds. The topological polar surface area (TPSA) is 373 Å². The molecule has 0 fully saturated rings. The van der Waals surface area contributed by atoms with E-state index < -0.39 is 64.2 Å². The summed E-state index contributed by atoms with van der Waals surface area (Å²) in [5.74, 6) is -5.98. The second kappa shape index (κ2) is 26.2. The number of nitrogens with zero attached hydrogens (tertiary/aromatic N) is 14. The van der Waals surface area contributed by atoms with Gasteiger partial charge in [0.1, 0.15) is 63.5 Å². The molecule has 0 saturated carbocycles. The summed E-state index contributed by atoms with van der Waals surface area (Å²) in [5, 5.41) is 14.5. The average Bonchev–Trinajstić information content (AvgIpc) is 0.818. The zero-order valence-corrected chi connectivity index (χ0v) is 60.9. The number of halogens is 3. The quantitative estimate of drug-likeness (QED) is 0.104. The third-order valence-corrected chi connectivity index (χ3v) is 24.5. The molecular formula is C70H39ClF2N18O13S6. The molecule has 20 rings (SSSR count). The Morgan fingerprint density at radius 2 is 1.32 bits per heavy atom. The van der Waals surface area contributed by atoms with Gasteiger partial charge in [-0.05, 0) is 66.7 Å². The first kappa shape index (κ1) is 67.5. The molecule has 31 nitrogen and oxygen atoms in total. The van der Waals surface area contributed by atoms with Crippen molar-refractivity contribution in [2.45, 2.75) is 36.0 Å². The Morgan fingerprint density at radius 3 is 2.20 bits per heavy atom. The largest absolute Gasteiger partial charge is 0.486 e. The van der Waals surface area contributed by atoms with Gasteiger partial charge in [0.2, 0.25) is 29.7 Å². The van der Waals surface area contributed by atoms with Gasteiger partial charge < -0.3 is 45.0 Å². The summed E-state index contributed by atoms with van der Waals surface area (Å²) in [6.45, 7) is -0.360. The fourth-order valence-electron chi connectivity index (χ4n) is 13.6. The highest BCUT2D eigenvalue weighted by Crippen LogP contribution is 2.56. The molecule has 9 aromatic heterocycles. The first-order chi connectivity index (χ1) is 53.5. The number of carbonyl (C=O) groups excluding carboxylic acids is 8. The summed E-state index contributed by atoms with van der Waals surface area (Å²) in [4.78, 5) is 158. The van der Waals surface area contributed by atoms with Gasteiger partial charge >= 0.3 is 0 Å². The fourth-order valence-corrected chi connectivity index (χ4v) is 19.0. The molecule has 9 aliphatic heterocycles. The number of ether oxygens (including phenoxy) is 5. The monoisotopic (exact) mass is 1600 g/mol. The molecule has 0 radical (unpaired) electrons. The van der Waals surface area contributed by atoms with Crippen LogP contribution in [0.5, 0.6) is 28.7 Å². The van der Waals surface area contributed by atoms with Gasteiger partial charge in [-0.15, -0.1) is 52.1 Å². The van der Waals surface area contributed by atoms with Gasteiger partial charge in [0.25, 0.3) is 23.6 Å². The first-order valence-electron chi connectivity index (χ1n) is 32.9. The van der Waals surface area contributed by atoms with Crippen molar-refractivity contribution in [3.8, 4) is 62.7 Å². The number of carbonyl (C=O) groups is 8. The molecule has 2 aromatic carbocycles. The highest BCUT2D eigenvalue weighted by molar-refractivity contribution is 8.01. The maximum Gasteiger partial charge on any atom is 0.270 e. The van der Waals surface area contributed by atoms with Crippen LogP contribution >= 0.6 is 81.9 Å². The number of hydrogen-bond acceptors (Lipinski definition) is 29. The third kappa shape index (κ3) is 11.2. The molecule has 18 heterocycles. The SMILES string of the molecule is O=C1COc2ccc(C3Oc4cc(F)c(N5C(=O)CSc6ncc(-c7nc(-c8nc9snnc9c(-c9ccc%10c(n9)NC(=O)CO%10)c8N8C(=O)CSc9ccc(N%10C(=O)CSc%11cc(Cl)c(C%12Sc%13cnccc%13N(c%13nc%14c(cc%13F)SCC(=O)N%14)C%12=O)nc%11%10)nc98)cc8c7OCCO8)cc65)cc4NC3=O)cc2N1. The molecule has 110 heavy (non-hydrogen) atoms. The van der Waals surface area contributed by atoms with E-state index in [0.717, 1.165) is 86.2 Å². The second-order valence-electron chi connectivity index (χ2n) is 25.0. The van der Waals surface area contributed by atoms with Gasteiger partial charge in [0.15, 0.2) is 70.2 Å². The predicted octanol–water partition coefficient (Wildman–Crippen LogP) is 11.2. The lowest BCUT2D eigenvalue weighted by molar-refractivity contribution is -0.124. The summed E-state index contributed by atoms with van der Waals surface area (Å²) < 4.78 is 68.0. The third-order valence-electron chi connectivity index (χ3n) is 18.3. The molecule has 0 aliphatic carbocycles. The number of fused-ring (bicyclic) bond motifs is 10. The Balaban J connectivity index is 0.712. The zero-order chi connectivity index (χ0) is 74.6. The van der Waals surface area contributed by atoms with E-state index >= 15 is 18.4 Å². The molecule has 2 unspecified atom stereocenters. The highest BCUT2D eigenvalue weighted by Gasteiger charge is 2.45. The summed E-state index contributed by atoms with van der Waals surface area (Å²) in [6.07, 6.45) is 3.15. The van der Waals surface area contributed by atoms with Crippen molar-refractivity contribution in [3.63, 3.8) is 0 Å². The van der Waals surface area contributed by atoms with Crippen LogP contribution in [0.1, 0.15) is 22.6 Å². The van der Waals surface area contributed by atoms with Crippen molar-refractivity contribution < 1.29 is 70.8 Å². The molecule has 2 atom stereocenters. The Bertz CT molecular complexity index is 6090. The molecule has 4 N–H and O–H groups in total. The molecule has 544 valence electrons. The van der Waals surface area contributed by atoms with E-state index in [1.807, 2.05) is 0 Å². The van der Waals surface area contributed by atoms with Crippen LogP contribution in [0.15, 0.2) is 128 Å². The molecule has 11 aromatic rings. The van der Waals surface area contributed by atoms with Crippen molar-refractivity contribution in [2.75, 3.05) is 90.3 Å². The van der Waals surface area contributed by atoms with Crippen molar-refractivity contribution in [2.24, 2.45) is 0 Å². The minimum absolute atomic E-state index is 0.00723.